The third-order valence-corrected chi connectivity index (χ3v) is 2.70. The molecular weight excluding hydrogens is 128 g/mol. The van der Waals surface area contributed by atoms with Crippen LogP contribution in [-0.4, -0.2) is 19.1 Å². The minimum atomic E-state index is -0.0650. The van der Waals surface area contributed by atoms with Crippen LogP contribution in [-0.2, 0) is 7.05 Å². The van der Waals surface area contributed by atoms with Crippen LogP contribution in [0.25, 0.3) is 0 Å². The van der Waals surface area contributed by atoms with Crippen LogP contribution in [0.2, 0.25) is 6.55 Å². The van der Waals surface area contributed by atoms with Crippen LogP contribution in [0.1, 0.15) is 5.69 Å². The molecule has 0 aromatic carbocycles. The van der Waals surface area contributed by atoms with Gasteiger partial charge in [-0.25, -0.2) is 4.98 Å². The lowest BCUT2D eigenvalue weighted by Gasteiger charge is -1.92. The zero-order valence-corrected chi connectivity index (χ0v) is 7.59. The lowest BCUT2D eigenvalue weighted by atomic mass is 10.6. The fraction of sp³-hybridized carbons (Fsp3) is 0.500. The number of aryl methyl sites for hydroxylation is 2. The summed E-state index contributed by atoms with van der Waals surface area (Å²) < 4.78 is 2.13. The van der Waals surface area contributed by atoms with E-state index in [9.17, 15) is 0 Å². The molecule has 2 nitrogen and oxygen atoms in total. The summed E-state index contributed by atoms with van der Waals surface area (Å²) in [6.07, 6.45) is 2.08. The molecule has 50 valence electrons. The summed E-state index contributed by atoms with van der Waals surface area (Å²) in [5, 5.41) is 0. The average Bonchev–Trinajstić information content (AvgIpc) is 2.10. The zero-order valence-electron chi connectivity index (χ0n) is 6.18. The molecule has 0 spiro atoms. The van der Waals surface area contributed by atoms with Gasteiger partial charge in [-0.1, -0.05) is 6.55 Å². The van der Waals surface area contributed by atoms with Crippen LogP contribution in [0.4, 0.5) is 0 Å². The van der Waals surface area contributed by atoms with Crippen LogP contribution >= 0.6 is 0 Å². The highest BCUT2D eigenvalue weighted by atomic mass is 28.2. The second-order valence-corrected chi connectivity index (χ2v) is 3.60. The molecule has 0 unspecified atom stereocenters. The van der Waals surface area contributed by atoms with E-state index in [0.717, 1.165) is 5.69 Å². The van der Waals surface area contributed by atoms with Crippen molar-refractivity contribution in [3.05, 3.63) is 11.9 Å². The highest BCUT2D eigenvalue weighted by Gasteiger charge is 1.96. The van der Waals surface area contributed by atoms with Crippen LogP contribution < -0.4 is 5.45 Å². The van der Waals surface area contributed by atoms with Gasteiger partial charge in [0, 0.05) is 13.2 Å². The largest absolute Gasteiger partial charge is 0.342 e. The molecular formula is C6H12N2Si. The Balaban J connectivity index is 3.01. The zero-order chi connectivity index (χ0) is 6.85. The van der Waals surface area contributed by atoms with Crippen molar-refractivity contribution < 1.29 is 0 Å². The molecule has 1 rings (SSSR count). The third-order valence-electron chi connectivity index (χ3n) is 1.41. The van der Waals surface area contributed by atoms with E-state index in [4.69, 9.17) is 0 Å². The second-order valence-electron chi connectivity index (χ2n) is 2.26. The van der Waals surface area contributed by atoms with Gasteiger partial charge in [-0.15, -0.1) is 0 Å². The van der Waals surface area contributed by atoms with Gasteiger partial charge in [0.05, 0.1) is 20.7 Å². The molecule has 0 N–H and O–H groups in total. The number of hydrogen-bond acceptors (Lipinski definition) is 1. The normalized spacial score (nSPS) is 11.4. The Labute approximate surface area is 57.7 Å². The Bertz CT molecular complexity index is 205. The molecule has 0 bridgehead atoms. The highest BCUT2D eigenvalue weighted by molar-refractivity contribution is 6.49. The molecule has 1 aromatic heterocycles. The maximum Gasteiger partial charge on any atom is 0.0972 e. The molecule has 0 aliphatic carbocycles. The van der Waals surface area contributed by atoms with E-state index >= 15 is 0 Å². The molecule has 0 aliphatic heterocycles. The van der Waals surface area contributed by atoms with Crippen molar-refractivity contribution >= 4 is 15.0 Å². The quantitative estimate of drug-likeness (QED) is 0.484. The predicted octanol–water partition coefficient (Wildman–Crippen LogP) is -0.429. The van der Waals surface area contributed by atoms with Crippen LogP contribution in [0.3, 0.4) is 0 Å². The molecule has 0 fully saturated rings. The van der Waals surface area contributed by atoms with Crippen molar-refractivity contribution in [3.63, 3.8) is 0 Å². The predicted molar refractivity (Wildman–Crippen MR) is 42.0 cm³/mol. The Hall–Kier alpha value is -0.573. The minimum absolute atomic E-state index is 0.0650. The van der Waals surface area contributed by atoms with E-state index in [-0.39, 0.29) is 9.52 Å². The molecule has 1 aromatic rings. The lowest BCUT2D eigenvalue weighted by Crippen LogP contribution is -2.21. The first-order chi connectivity index (χ1) is 4.24. The summed E-state index contributed by atoms with van der Waals surface area (Å²) in [4.78, 5) is 4.35. The molecule has 0 atom stereocenters. The van der Waals surface area contributed by atoms with Gasteiger partial charge in [0.25, 0.3) is 0 Å². The topological polar surface area (TPSA) is 17.8 Å². The van der Waals surface area contributed by atoms with Crippen molar-refractivity contribution in [3.8, 4) is 0 Å². The number of imidazole rings is 1. The standard InChI is InChI=1S/C6H12N2Si/c1-5-4-8(2)6(7-5)9-3/h4H,9H2,1-3H3. The first kappa shape index (κ1) is 6.55. The van der Waals surface area contributed by atoms with E-state index in [1.165, 1.54) is 5.45 Å². The molecule has 3 heteroatoms. The van der Waals surface area contributed by atoms with E-state index in [2.05, 4.69) is 29.3 Å². The maximum atomic E-state index is 4.35. The Kier molecular flexibility index (Phi) is 1.71. The average molecular weight is 140 g/mol. The van der Waals surface area contributed by atoms with Gasteiger partial charge in [-0.2, -0.15) is 0 Å². The fourth-order valence-corrected chi connectivity index (χ4v) is 1.99. The number of rotatable bonds is 1. The van der Waals surface area contributed by atoms with E-state index in [1.807, 2.05) is 6.92 Å². The fourth-order valence-electron chi connectivity index (χ4n) is 0.995. The van der Waals surface area contributed by atoms with Gasteiger partial charge in [0.15, 0.2) is 0 Å². The van der Waals surface area contributed by atoms with Gasteiger partial charge in [0.2, 0.25) is 0 Å². The Morgan fingerprint density at radius 3 is 2.56 bits per heavy atom. The van der Waals surface area contributed by atoms with Gasteiger partial charge < -0.3 is 4.57 Å². The van der Waals surface area contributed by atoms with Crippen molar-refractivity contribution in [2.24, 2.45) is 7.05 Å². The lowest BCUT2D eigenvalue weighted by molar-refractivity contribution is 0.948. The van der Waals surface area contributed by atoms with Crippen LogP contribution in [0, 0.1) is 6.92 Å². The van der Waals surface area contributed by atoms with Crippen molar-refractivity contribution in [2.45, 2.75) is 13.5 Å². The van der Waals surface area contributed by atoms with E-state index in [0.29, 0.717) is 0 Å². The summed E-state index contributed by atoms with van der Waals surface area (Å²) in [6.45, 7) is 4.29. The SMILES string of the molecule is C[SiH2]c1nc(C)cn1C. The van der Waals surface area contributed by atoms with Crippen molar-refractivity contribution in [2.75, 3.05) is 0 Å². The van der Waals surface area contributed by atoms with E-state index in [1.54, 1.807) is 0 Å². The summed E-state index contributed by atoms with van der Waals surface area (Å²) in [6, 6.07) is 0. The minimum Gasteiger partial charge on any atom is -0.342 e. The van der Waals surface area contributed by atoms with Crippen LogP contribution in [0.5, 0.6) is 0 Å². The van der Waals surface area contributed by atoms with Gasteiger partial charge in [0.1, 0.15) is 0 Å². The Morgan fingerprint density at radius 2 is 2.33 bits per heavy atom. The Morgan fingerprint density at radius 1 is 1.67 bits per heavy atom. The summed E-state index contributed by atoms with van der Waals surface area (Å²) in [7, 11) is 2.00. The molecule has 0 saturated heterocycles. The maximum absolute atomic E-state index is 4.35. The first-order valence-corrected chi connectivity index (χ1v) is 5.35. The smallest absolute Gasteiger partial charge is 0.0972 e. The summed E-state index contributed by atoms with van der Waals surface area (Å²) in [5.74, 6) is 0. The molecule has 0 amide bonds. The van der Waals surface area contributed by atoms with Crippen LogP contribution in [0.15, 0.2) is 6.20 Å². The molecule has 0 radical (unpaired) electrons. The first-order valence-electron chi connectivity index (χ1n) is 3.23. The summed E-state index contributed by atoms with van der Waals surface area (Å²) >= 11 is 0. The monoisotopic (exact) mass is 140 g/mol. The number of hydrogen-bond donors (Lipinski definition) is 0. The molecule has 0 aliphatic rings. The number of nitrogens with zero attached hydrogens (tertiary/aromatic N) is 2. The second kappa shape index (κ2) is 2.35. The van der Waals surface area contributed by atoms with Gasteiger partial charge >= 0.3 is 0 Å². The molecule has 0 saturated carbocycles. The molecule has 9 heavy (non-hydrogen) atoms. The summed E-state index contributed by atoms with van der Waals surface area (Å²) in [5.41, 5.74) is 2.44. The highest BCUT2D eigenvalue weighted by Crippen LogP contribution is 1.86. The van der Waals surface area contributed by atoms with Gasteiger partial charge in [-0.05, 0) is 6.92 Å². The van der Waals surface area contributed by atoms with E-state index < -0.39 is 0 Å². The van der Waals surface area contributed by atoms with Gasteiger partial charge in [-0.3, -0.25) is 0 Å². The third kappa shape index (κ3) is 1.21. The van der Waals surface area contributed by atoms with Crippen molar-refractivity contribution in [1.29, 1.82) is 0 Å². The molecule has 1 heterocycles. The van der Waals surface area contributed by atoms with Crippen molar-refractivity contribution in [1.82, 2.24) is 9.55 Å². The number of aromatic nitrogens is 2.